The summed E-state index contributed by atoms with van der Waals surface area (Å²) >= 11 is 0. The summed E-state index contributed by atoms with van der Waals surface area (Å²) in [5.74, 6) is -1.78. The highest BCUT2D eigenvalue weighted by Gasteiger charge is 2.37. The molecule has 0 aromatic heterocycles. The maximum absolute atomic E-state index is 11.9. The van der Waals surface area contributed by atoms with Gasteiger partial charge >= 0.3 is 12.0 Å². The number of nitrogens with zero attached hydrogens (tertiary/aromatic N) is 1. The van der Waals surface area contributed by atoms with Gasteiger partial charge in [0.1, 0.15) is 13.2 Å². The van der Waals surface area contributed by atoms with Crippen molar-refractivity contribution in [2.24, 2.45) is 5.41 Å². The lowest BCUT2D eigenvalue weighted by atomic mass is 9.82. The summed E-state index contributed by atoms with van der Waals surface area (Å²) in [5.41, 5.74) is 0.153. The lowest BCUT2D eigenvalue weighted by Crippen LogP contribution is -2.44. The van der Waals surface area contributed by atoms with E-state index in [-0.39, 0.29) is 5.41 Å². The molecule has 0 radical (unpaired) electrons. The molecule has 1 aliphatic rings. The number of nitrogens with one attached hydrogen (secondary N) is 1. The van der Waals surface area contributed by atoms with E-state index in [2.05, 4.69) is 23.9 Å². The van der Waals surface area contributed by atoms with Gasteiger partial charge in [-0.05, 0) is 24.7 Å². The number of carbonyl (C=O) groups excluding carboxylic acids is 2. The zero-order chi connectivity index (χ0) is 15.2. The quantitative estimate of drug-likeness (QED) is 0.754. The Bertz CT molecular complexity index is 379. The molecule has 0 bridgehead atoms. The first-order chi connectivity index (χ1) is 9.42. The number of carboxylic acid groups (broad SMARTS) is 1. The van der Waals surface area contributed by atoms with E-state index >= 15 is 0 Å². The summed E-state index contributed by atoms with van der Waals surface area (Å²) in [5, 5.41) is 10.6. The Kier molecular flexibility index (Phi) is 5.94. The van der Waals surface area contributed by atoms with E-state index in [4.69, 9.17) is 5.11 Å². The third-order valence-corrected chi connectivity index (χ3v) is 3.93. The number of carboxylic acids is 1. The summed E-state index contributed by atoms with van der Waals surface area (Å²) in [4.78, 5) is 35.2. The minimum absolute atomic E-state index is 0.153. The van der Waals surface area contributed by atoms with Gasteiger partial charge in [0.05, 0.1) is 0 Å². The Morgan fingerprint density at radius 1 is 1.25 bits per heavy atom. The van der Waals surface area contributed by atoms with Crippen molar-refractivity contribution >= 4 is 17.9 Å². The van der Waals surface area contributed by atoms with Crippen molar-refractivity contribution in [3.8, 4) is 0 Å². The van der Waals surface area contributed by atoms with Crippen LogP contribution in [0, 0.1) is 5.41 Å². The minimum Gasteiger partial charge on any atom is -0.480 e. The smallest absolute Gasteiger partial charge is 0.329 e. The number of likely N-dealkylation sites (tertiary alicyclic amines) is 1. The van der Waals surface area contributed by atoms with Crippen molar-refractivity contribution < 1.29 is 24.2 Å². The summed E-state index contributed by atoms with van der Waals surface area (Å²) < 4.78 is 4.62. The highest BCUT2D eigenvalue weighted by atomic mass is 16.5. The van der Waals surface area contributed by atoms with Gasteiger partial charge in [-0.1, -0.05) is 13.8 Å². The highest BCUT2D eigenvalue weighted by Crippen LogP contribution is 2.36. The number of rotatable bonds is 6. The molecule has 1 heterocycles. The standard InChI is InChI=1S/C13H22N2O5/c1-3-13(4-2)5-6-15(9-13)12(19)14-10(16)7-20-8-11(17)18/h3-9H2,1-2H3,(H,17,18)(H,14,16,19). The molecule has 0 saturated carbocycles. The number of ether oxygens (including phenoxy) is 1. The van der Waals surface area contributed by atoms with E-state index in [9.17, 15) is 14.4 Å². The largest absolute Gasteiger partial charge is 0.480 e. The van der Waals surface area contributed by atoms with Crippen LogP contribution >= 0.6 is 0 Å². The Balaban J connectivity index is 2.36. The third-order valence-electron chi connectivity index (χ3n) is 3.93. The second kappa shape index (κ2) is 7.23. The van der Waals surface area contributed by atoms with Gasteiger partial charge in [0.2, 0.25) is 0 Å². The molecule has 7 nitrogen and oxygen atoms in total. The molecule has 0 aromatic carbocycles. The Morgan fingerprint density at radius 2 is 1.90 bits per heavy atom. The molecule has 1 rings (SSSR count). The van der Waals surface area contributed by atoms with Crippen molar-refractivity contribution in [2.75, 3.05) is 26.3 Å². The first-order valence-electron chi connectivity index (χ1n) is 6.80. The van der Waals surface area contributed by atoms with Crippen molar-refractivity contribution in [2.45, 2.75) is 33.1 Å². The molecule has 1 aliphatic heterocycles. The maximum atomic E-state index is 11.9. The van der Waals surface area contributed by atoms with Crippen LogP contribution in [0.4, 0.5) is 4.79 Å². The number of urea groups is 1. The molecule has 0 aromatic rings. The molecule has 0 atom stereocenters. The fourth-order valence-corrected chi connectivity index (χ4v) is 2.40. The highest BCUT2D eigenvalue weighted by molar-refractivity contribution is 5.95. The molecular formula is C13H22N2O5. The molecule has 0 spiro atoms. The lowest BCUT2D eigenvalue weighted by Gasteiger charge is -2.26. The van der Waals surface area contributed by atoms with Gasteiger partial charge in [-0.25, -0.2) is 9.59 Å². The van der Waals surface area contributed by atoms with E-state index in [0.29, 0.717) is 13.1 Å². The third kappa shape index (κ3) is 4.48. The molecule has 2 N–H and O–H groups in total. The van der Waals surface area contributed by atoms with Gasteiger partial charge in [0.25, 0.3) is 5.91 Å². The number of hydrogen-bond acceptors (Lipinski definition) is 4. The molecule has 7 heteroatoms. The van der Waals surface area contributed by atoms with Crippen LogP contribution in [0.25, 0.3) is 0 Å². The van der Waals surface area contributed by atoms with Gasteiger partial charge < -0.3 is 14.7 Å². The Hall–Kier alpha value is -1.63. The Morgan fingerprint density at radius 3 is 2.40 bits per heavy atom. The van der Waals surface area contributed by atoms with Crippen LogP contribution in [-0.4, -0.2) is 54.2 Å². The van der Waals surface area contributed by atoms with Gasteiger partial charge in [-0.2, -0.15) is 0 Å². The molecule has 0 unspecified atom stereocenters. The van der Waals surface area contributed by atoms with Crippen molar-refractivity contribution in [1.82, 2.24) is 10.2 Å². The second-order valence-corrected chi connectivity index (χ2v) is 5.12. The lowest BCUT2D eigenvalue weighted by molar-refractivity contribution is -0.143. The van der Waals surface area contributed by atoms with Gasteiger partial charge in [-0.15, -0.1) is 0 Å². The van der Waals surface area contributed by atoms with Crippen LogP contribution < -0.4 is 5.32 Å². The van der Waals surface area contributed by atoms with Crippen molar-refractivity contribution in [3.05, 3.63) is 0 Å². The van der Waals surface area contributed by atoms with Crippen LogP contribution in [0.1, 0.15) is 33.1 Å². The number of aliphatic carboxylic acids is 1. The fraction of sp³-hybridized carbons (Fsp3) is 0.769. The number of carbonyl (C=O) groups is 3. The second-order valence-electron chi connectivity index (χ2n) is 5.12. The van der Waals surface area contributed by atoms with E-state index in [1.807, 2.05) is 0 Å². The van der Waals surface area contributed by atoms with E-state index in [0.717, 1.165) is 19.3 Å². The van der Waals surface area contributed by atoms with Crippen molar-refractivity contribution in [1.29, 1.82) is 0 Å². The zero-order valence-corrected chi connectivity index (χ0v) is 12.0. The molecule has 1 saturated heterocycles. The first-order valence-corrected chi connectivity index (χ1v) is 6.80. The topological polar surface area (TPSA) is 95.9 Å². The van der Waals surface area contributed by atoms with E-state index in [1.54, 1.807) is 4.90 Å². The van der Waals surface area contributed by atoms with Gasteiger partial charge in [-0.3, -0.25) is 10.1 Å². The van der Waals surface area contributed by atoms with Crippen LogP contribution in [0.3, 0.4) is 0 Å². The number of hydrogen-bond donors (Lipinski definition) is 2. The average Bonchev–Trinajstić information content (AvgIpc) is 2.83. The predicted octanol–water partition coefficient (Wildman–Crippen LogP) is 0.836. The zero-order valence-electron chi connectivity index (χ0n) is 12.0. The molecule has 0 aliphatic carbocycles. The predicted molar refractivity (Wildman–Crippen MR) is 71.2 cm³/mol. The maximum Gasteiger partial charge on any atom is 0.329 e. The molecule has 3 amide bonds. The summed E-state index contributed by atoms with van der Waals surface area (Å²) in [6, 6.07) is -0.433. The van der Waals surface area contributed by atoms with E-state index in [1.165, 1.54) is 0 Å². The molecular weight excluding hydrogens is 264 g/mol. The monoisotopic (exact) mass is 286 g/mol. The molecule has 114 valence electrons. The van der Waals surface area contributed by atoms with Crippen LogP contribution in [0.2, 0.25) is 0 Å². The Labute approximate surface area is 118 Å². The van der Waals surface area contributed by atoms with Crippen LogP contribution in [-0.2, 0) is 14.3 Å². The first kappa shape index (κ1) is 16.4. The van der Waals surface area contributed by atoms with Gasteiger partial charge in [0.15, 0.2) is 0 Å². The average molecular weight is 286 g/mol. The number of imide groups is 1. The van der Waals surface area contributed by atoms with Crippen LogP contribution in [0.15, 0.2) is 0 Å². The summed E-state index contributed by atoms with van der Waals surface area (Å²) in [7, 11) is 0. The SMILES string of the molecule is CCC1(CC)CCN(C(=O)NC(=O)COCC(=O)O)C1. The summed E-state index contributed by atoms with van der Waals surface area (Å²) in [6.45, 7) is 4.51. The normalized spacial score (nSPS) is 17.0. The van der Waals surface area contributed by atoms with Crippen LogP contribution in [0.5, 0.6) is 0 Å². The fourth-order valence-electron chi connectivity index (χ4n) is 2.40. The van der Waals surface area contributed by atoms with Crippen molar-refractivity contribution in [3.63, 3.8) is 0 Å². The summed E-state index contributed by atoms with van der Waals surface area (Å²) in [6.07, 6.45) is 2.95. The minimum atomic E-state index is -1.15. The molecule has 20 heavy (non-hydrogen) atoms. The molecule has 1 fully saturated rings. The number of amides is 3. The van der Waals surface area contributed by atoms with E-state index < -0.39 is 31.1 Å². The van der Waals surface area contributed by atoms with Gasteiger partial charge in [0, 0.05) is 13.1 Å².